The van der Waals surface area contributed by atoms with E-state index < -0.39 is 0 Å². The van der Waals surface area contributed by atoms with Gasteiger partial charge >= 0.3 is 0 Å². The van der Waals surface area contributed by atoms with E-state index in [1.165, 1.54) is 5.56 Å². The summed E-state index contributed by atoms with van der Waals surface area (Å²) in [6, 6.07) is 10.3. The van der Waals surface area contributed by atoms with Gasteiger partial charge in [0, 0.05) is 39.0 Å². The summed E-state index contributed by atoms with van der Waals surface area (Å²) in [5, 5.41) is 11.6. The second-order valence-electron chi connectivity index (χ2n) is 5.83. The van der Waals surface area contributed by atoms with Gasteiger partial charge in [-0.2, -0.15) is 0 Å². The molecule has 0 aliphatic carbocycles. The molecule has 2 aromatic rings. The van der Waals surface area contributed by atoms with Crippen LogP contribution in [-0.2, 0) is 24.2 Å². The molecule has 6 nitrogen and oxygen atoms in total. The number of rotatable bonds is 5. The molecule has 0 unspecified atom stereocenters. The van der Waals surface area contributed by atoms with Crippen LogP contribution in [0.25, 0.3) is 0 Å². The first kappa shape index (κ1) is 15.7. The number of amides is 1. The van der Waals surface area contributed by atoms with E-state index in [0.717, 1.165) is 44.1 Å². The number of benzene rings is 1. The van der Waals surface area contributed by atoms with Crippen molar-refractivity contribution < 1.29 is 4.79 Å². The predicted octanol–water partition coefficient (Wildman–Crippen LogP) is 0.863. The number of nitrogens with zero attached hydrogens (tertiary/aromatic N) is 4. The van der Waals surface area contributed by atoms with E-state index in [4.69, 9.17) is 0 Å². The van der Waals surface area contributed by atoms with Crippen LogP contribution in [0.2, 0.25) is 0 Å². The second kappa shape index (κ2) is 7.37. The number of aromatic nitrogens is 3. The molecule has 0 saturated heterocycles. The maximum atomic E-state index is 11.8. The minimum Gasteiger partial charge on any atom is -0.355 e. The molecule has 2 heterocycles. The topological polar surface area (TPSA) is 63.1 Å². The molecule has 0 spiro atoms. The van der Waals surface area contributed by atoms with Gasteiger partial charge < -0.3 is 9.88 Å². The Morgan fingerprint density at radius 3 is 2.78 bits per heavy atom. The Balaban J connectivity index is 1.65. The van der Waals surface area contributed by atoms with Crippen LogP contribution >= 0.6 is 0 Å². The highest BCUT2D eigenvalue weighted by Gasteiger charge is 2.20. The molecule has 1 aromatic carbocycles. The number of hydrogen-bond acceptors (Lipinski definition) is 4. The second-order valence-corrected chi connectivity index (χ2v) is 5.83. The van der Waals surface area contributed by atoms with Crippen LogP contribution < -0.4 is 5.32 Å². The number of likely N-dealkylation sites (N-methyl/N-ethyl adjacent to an activating group) is 1. The third-order valence-corrected chi connectivity index (χ3v) is 4.14. The average Bonchev–Trinajstić information content (AvgIpc) is 2.81. The Hall–Kier alpha value is -2.21. The Morgan fingerprint density at radius 1 is 1.17 bits per heavy atom. The molecule has 0 fully saturated rings. The van der Waals surface area contributed by atoms with Crippen molar-refractivity contribution in [1.29, 1.82) is 0 Å². The number of carbonyl (C=O) groups is 1. The summed E-state index contributed by atoms with van der Waals surface area (Å²) in [5.74, 6) is 2.12. The third kappa shape index (κ3) is 3.96. The summed E-state index contributed by atoms with van der Waals surface area (Å²) >= 11 is 0. The number of nitrogens with one attached hydrogen (secondary N) is 1. The fourth-order valence-electron chi connectivity index (χ4n) is 2.95. The van der Waals surface area contributed by atoms with Gasteiger partial charge in [0.2, 0.25) is 5.91 Å². The van der Waals surface area contributed by atoms with Crippen LogP contribution in [0.15, 0.2) is 30.3 Å². The van der Waals surface area contributed by atoms with Crippen molar-refractivity contribution >= 4 is 5.91 Å². The molecule has 0 radical (unpaired) electrons. The van der Waals surface area contributed by atoms with Gasteiger partial charge in [-0.1, -0.05) is 30.3 Å². The molecule has 3 rings (SSSR count). The van der Waals surface area contributed by atoms with Crippen LogP contribution in [0.5, 0.6) is 0 Å². The lowest BCUT2D eigenvalue weighted by Gasteiger charge is -2.18. The molecular formula is C17H23N5O. The predicted molar refractivity (Wildman–Crippen MR) is 88.1 cm³/mol. The molecule has 1 aromatic heterocycles. The first-order valence-electron chi connectivity index (χ1n) is 8.20. The molecule has 23 heavy (non-hydrogen) atoms. The Bertz CT molecular complexity index is 652. The van der Waals surface area contributed by atoms with Crippen LogP contribution in [0.4, 0.5) is 0 Å². The minimum atomic E-state index is 0.0923. The van der Waals surface area contributed by atoms with E-state index in [9.17, 15) is 4.79 Å². The van der Waals surface area contributed by atoms with Crippen molar-refractivity contribution in [2.75, 3.05) is 26.2 Å². The lowest BCUT2D eigenvalue weighted by Crippen LogP contribution is -2.38. The molecule has 122 valence electrons. The summed E-state index contributed by atoms with van der Waals surface area (Å²) in [5.41, 5.74) is 1.24. The Labute approximate surface area is 136 Å². The summed E-state index contributed by atoms with van der Waals surface area (Å²) in [6.45, 7) is 5.62. The molecule has 1 amide bonds. The van der Waals surface area contributed by atoms with Gasteiger partial charge in [-0.25, -0.2) is 0 Å². The van der Waals surface area contributed by atoms with Crippen LogP contribution in [0, 0.1) is 0 Å². The van der Waals surface area contributed by atoms with Crippen LogP contribution in [0.1, 0.15) is 24.1 Å². The lowest BCUT2D eigenvalue weighted by atomic mass is 10.1. The maximum Gasteiger partial charge on any atom is 0.234 e. The number of hydrogen-bond donors (Lipinski definition) is 1. The van der Waals surface area contributed by atoms with E-state index in [0.29, 0.717) is 13.1 Å². The van der Waals surface area contributed by atoms with Gasteiger partial charge in [0.15, 0.2) is 0 Å². The monoisotopic (exact) mass is 313 g/mol. The highest BCUT2D eigenvalue weighted by molar-refractivity contribution is 5.77. The number of fused-ring (bicyclic) bond motifs is 1. The van der Waals surface area contributed by atoms with Crippen molar-refractivity contribution in [2.45, 2.75) is 26.3 Å². The SMILES string of the molecule is CCNC(=O)CN1CCc2nnc(Cc3ccccc3)n2CC1. The summed E-state index contributed by atoms with van der Waals surface area (Å²) in [7, 11) is 0. The zero-order chi connectivity index (χ0) is 16.1. The molecular weight excluding hydrogens is 290 g/mol. The fourth-order valence-corrected chi connectivity index (χ4v) is 2.95. The van der Waals surface area contributed by atoms with E-state index in [1.54, 1.807) is 0 Å². The Morgan fingerprint density at radius 2 is 2.00 bits per heavy atom. The van der Waals surface area contributed by atoms with Crippen molar-refractivity contribution in [3.63, 3.8) is 0 Å². The first-order chi connectivity index (χ1) is 11.3. The maximum absolute atomic E-state index is 11.8. The van der Waals surface area contributed by atoms with Crippen molar-refractivity contribution in [2.24, 2.45) is 0 Å². The van der Waals surface area contributed by atoms with Crippen molar-refractivity contribution in [1.82, 2.24) is 25.0 Å². The van der Waals surface area contributed by atoms with Crippen LogP contribution in [-0.4, -0.2) is 51.8 Å². The molecule has 0 saturated carbocycles. The highest BCUT2D eigenvalue weighted by atomic mass is 16.2. The quantitative estimate of drug-likeness (QED) is 0.889. The average molecular weight is 313 g/mol. The molecule has 1 aliphatic rings. The molecule has 0 atom stereocenters. The van der Waals surface area contributed by atoms with Crippen molar-refractivity contribution in [3.8, 4) is 0 Å². The molecule has 1 aliphatic heterocycles. The van der Waals surface area contributed by atoms with E-state index in [2.05, 4.69) is 37.1 Å². The smallest absolute Gasteiger partial charge is 0.234 e. The first-order valence-corrected chi connectivity index (χ1v) is 8.20. The minimum absolute atomic E-state index is 0.0923. The summed E-state index contributed by atoms with van der Waals surface area (Å²) in [4.78, 5) is 13.9. The zero-order valence-electron chi connectivity index (χ0n) is 13.5. The van der Waals surface area contributed by atoms with E-state index in [1.807, 2.05) is 25.1 Å². The summed E-state index contributed by atoms with van der Waals surface area (Å²) in [6.07, 6.45) is 1.63. The van der Waals surface area contributed by atoms with Gasteiger partial charge in [0.05, 0.1) is 6.54 Å². The Kier molecular flexibility index (Phi) is 5.02. The van der Waals surface area contributed by atoms with Gasteiger partial charge in [-0.3, -0.25) is 9.69 Å². The van der Waals surface area contributed by atoms with Crippen LogP contribution in [0.3, 0.4) is 0 Å². The van der Waals surface area contributed by atoms with E-state index in [-0.39, 0.29) is 5.91 Å². The highest BCUT2D eigenvalue weighted by Crippen LogP contribution is 2.13. The summed E-state index contributed by atoms with van der Waals surface area (Å²) < 4.78 is 2.21. The normalized spacial score (nSPS) is 15.0. The fraction of sp³-hybridized carbons (Fsp3) is 0.471. The standard InChI is InChI=1S/C17H23N5O/c1-2-18-17(23)13-21-9-8-15-19-20-16(22(15)11-10-21)12-14-6-4-3-5-7-14/h3-7H,2,8-13H2,1H3,(H,18,23). The third-order valence-electron chi connectivity index (χ3n) is 4.14. The van der Waals surface area contributed by atoms with Gasteiger partial charge in [0.25, 0.3) is 0 Å². The van der Waals surface area contributed by atoms with E-state index >= 15 is 0 Å². The van der Waals surface area contributed by atoms with Crippen molar-refractivity contribution in [3.05, 3.63) is 47.5 Å². The molecule has 6 heteroatoms. The van der Waals surface area contributed by atoms with Gasteiger partial charge in [-0.15, -0.1) is 10.2 Å². The zero-order valence-corrected chi connectivity index (χ0v) is 13.5. The lowest BCUT2D eigenvalue weighted by molar-refractivity contribution is -0.122. The molecule has 1 N–H and O–H groups in total. The largest absolute Gasteiger partial charge is 0.355 e. The van der Waals surface area contributed by atoms with Gasteiger partial charge in [0.1, 0.15) is 11.6 Å². The van der Waals surface area contributed by atoms with Gasteiger partial charge in [-0.05, 0) is 12.5 Å². The molecule has 0 bridgehead atoms. The number of carbonyl (C=O) groups excluding carboxylic acids is 1.